The van der Waals surface area contributed by atoms with Crippen molar-refractivity contribution in [2.24, 2.45) is 0 Å². The molecule has 1 N–H and O–H groups in total. The average Bonchev–Trinajstić information content (AvgIpc) is 2.13. The first-order valence-electron chi connectivity index (χ1n) is 4.54. The van der Waals surface area contributed by atoms with E-state index in [1.807, 2.05) is 19.0 Å². The lowest BCUT2D eigenvalue weighted by atomic mass is 10.3. The highest BCUT2D eigenvalue weighted by Gasteiger charge is 2.06. The van der Waals surface area contributed by atoms with Crippen LogP contribution >= 0.6 is 23.2 Å². The number of halogens is 3. The molecule has 0 aliphatic heterocycles. The van der Waals surface area contributed by atoms with E-state index in [0.29, 0.717) is 0 Å². The van der Waals surface area contributed by atoms with Gasteiger partial charge in [-0.15, -0.1) is 0 Å². The fraction of sp³-hybridized carbons (Fsp3) is 0.400. The zero-order valence-corrected chi connectivity index (χ0v) is 10.2. The minimum Gasteiger partial charge on any atom is -0.384 e. The van der Waals surface area contributed by atoms with Gasteiger partial charge in [-0.25, -0.2) is 4.39 Å². The molecule has 0 atom stereocenters. The fourth-order valence-corrected chi connectivity index (χ4v) is 1.57. The minimum atomic E-state index is -0.573. The van der Waals surface area contributed by atoms with Gasteiger partial charge in [-0.1, -0.05) is 23.2 Å². The molecular formula is C10H13Cl2FN2. The highest BCUT2D eigenvalue weighted by atomic mass is 35.5. The maximum absolute atomic E-state index is 13.1. The summed E-state index contributed by atoms with van der Waals surface area (Å²) in [5, 5.41) is 3.18. The standard InChI is InChI=1S/C10H13Cl2FN2/c1-15(2)4-3-14-7-5-8(11)10(13)9(12)6-7/h5-6,14H,3-4H2,1-2H3. The zero-order chi connectivity index (χ0) is 11.4. The van der Waals surface area contributed by atoms with Crippen molar-refractivity contribution in [3.63, 3.8) is 0 Å². The van der Waals surface area contributed by atoms with Gasteiger partial charge in [0.05, 0.1) is 10.0 Å². The number of nitrogens with zero attached hydrogens (tertiary/aromatic N) is 1. The van der Waals surface area contributed by atoms with Gasteiger partial charge in [0.25, 0.3) is 0 Å². The number of anilines is 1. The molecule has 0 radical (unpaired) electrons. The molecule has 15 heavy (non-hydrogen) atoms. The monoisotopic (exact) mass is 250 g/mol. The van der Waals surface area contributed by atoms with Crippen molar-refractivity contribution in [1.29, 1.82) is 0 Å². The highest BCUT2D eigenvalue weighted by Crippen LogP contribution is 2.27. The van der Waals surface area contributed by atoms with E-state index in [1.165, 1.54) is 12.1 Å². The van der Waals surface area contributed by atoms with E-state index in [4.69, 9.17) is 23.2 Å². The first kappa shape index (κ1) is 12.6. The molecule has 0 aliphatic carbocycles. The molecule has 0 amide bonds. The smallest absolute Gasteiger partial charge is 0.160 e. The van der Waals surface area contributed by atoms with Crippen molar-refractivity contribution in [2.45, 2.75) is 0 Å². The van der Waals surface area contributed by atoms with E-state index in [0.717, 1.165) is 18.8 Å². The van der Waals surface area contributed by atoms with Crippen LogP contribution < -0.4 is 5.32 Å². The van der Waals surface area contributed by atoms with Gasteiger partial charge in [0.15, 0.2) is 5.82 Å². The number of nitrogens with one attached hydrogen (secondary N) is 1. The van der Waals surface area contributed by atoms with Gasteiger partial charge < -0.3 is 10.2 Å². The molecule has 0 aromatic heterocycles. The molecule has 0 unspecified atom stereocenters. The second-order valence-corrected chi connectivity index (χ2v) is 4.30. The summed E-state index contributed by atoms with van der Waals surface area (Å²) in [4.78, 5) is 2.04. The van der Waals surface area contributed by atoms with Gasteiger partial charge in [0.2, 0.25) is 0 Å². The highest BCUT2D eigenvalue weighted by molar-refractivity contribution is 6.35. The lowest BCUT2D eigenvalue weighted by molar-refractivity contribution is 0.425. The van der Waals surface area contributed by atoms with Crippen LogP contribution in [-0.2, 0) is 0 Å². The van der Waals surface area contributed by atoms with E-state index in [2.05, 4.69) is 5.32 Å². The van der Waals surface area contributed by atoms with Crippen molar-refractivity contribution >= 4 is 28.9 Å². The lowest BCUT2D eigenvalue weighted by Gasteiger charge is -2.12. The predicted octanol–water partition coefficient (Wildman–Crippen LogP) is 3.11. The molecule has 0 saturated heterocycles. The van der Waals surface area contributed by atoms with Crippen LogP contribution in [-0.4, -0.2) is 32.1 Å². The Hall–Kier alpha value is -0.510. The topological polar surface area (TPSA) is 15.3 Å². The summed E-state index contributed by atoms with van der Waals surface area (Å²) in [6.45, 7) is 1.64. The number of hydrogen-bond donors (Lipinski definition) is 1. The summed E-state index contributed by atoms with van der Waals surface area (Å²) in [6, 6.07) is 3.05. The number of hydrogen-bond acceptors (Lipinski definition) is 2. The Morgan fingerprint density at radius 1 is 1.27 bits per heavy atom. The number of rotatable bonds is 4. The van der Waals surface area contributed by atoms with Crippen molar-refractivity contribution in [3.05, 3.63) is 28.0 Å². The number of benzene rings is 1. The van der Waals surface area contributed by atoms with Gasteiger partial charge in [0, 0.05) is 18.8 Å². The number of likely N-dealkylation sites (N-methyl/N-ethyl adjacent to an activating group) is 1. The summed E-state index contributed by atoms with van der Waals surface area (Å²) >= 11 is 11.3. The molecule has 84 valence electrons. The van der Waals surface area contributed by atoms with Gasteiger partial charge in [-0.2, -0.15) is 0 Å². The minimum absolute atomic E-state index is 0.0369. The first-order valence-corrected chi connectivity index (χ1v) is 5.29. The Bertz CT molecular complexity index is 319. The summed E-state index contributed by atoms with van der Waals surface area (Å²) in [5.74, 6) is -0.573. The van der Waals surface area contributed by atoms with Crippen LogP contribution in [0, 0.1) is 5.82 Å². The SMILES string of the molecule is CN(C)CCNc1cc(Cl)c(F)c(Cl)c1. The van der Waals surface area contributed by atoms with Crippen LogP contribution in [0.4, 0.5) is 10.1 Å². The van der Waals surface area contributed by atoms with Crippen LogP contribution in [0.15, 0.2) is 12.1 Å². The van der Waals surface area contributed by atoms with E-state index < -0.39 is 5.82 Å². The summed E-state index contributed by atoms with van der Waals surface area (Å²) in [6.07, 6.45) is 0. The van der Waals surface area contributed by atoms with Gasteiger partial charge in [-0.3, -0.25) is 0 Å². The Labute approximate surface area is 99.0 Å². The van der Waals surface area contributed by atoms with Crippen molar-refractivity contribution in [3.8, 4) is 0 Å². The van der Waals surface area contributed by atoms with Crippen molar-refractivity contribution in [2.75, 3.05) is 32.5 Å². The zero-order valence-electron chi connectivity index (χ0n) is 8.65. The Morgan fingerprint density at radius 3 is 2.27 bits per heavy atom. The van der Waals surface area contributed by atoms with Gasteiger partial charge in [0.1, 0.15) is 0 Å². The molecule has 0 saturated carbocycles. The Balaban J connectivity index is 2.63. The maximum Gasteiger partial charge on any atom is 0.160 e. The predicted molar refractivity (Wildman–Crippen MR) is 63.5 cm³/mol. The van der Waals surface area contributed by atoms with Crippen molar-refractivity contribution < 1.29 is 4.39 Å². The lowest BCUT2D eigenvalue weighted by Crippen LogP contribution is -2.20. The Morgan fingerprint density at radius 2 is 1.80 bits per heavy atom. The third-order valence-electron chi connectivity index (χ3n) is 1.87. The summed E-state index contributed by atoms with van der Waals surface area (Å²) < 4.78 is 13.1. The molecule has 1 aromatic rings. The van der Waals surface area contributed by atoms with E-state index in [1.54, 1.807) is 0 Å². The van der Waals surface area contributed by atoms with Crippen LogP contribution in [0.3, 0.4) is 0 Å². The largest absolute Gasteiger partial charge is 0.384 e. The summed E-state index contributed by atoms with van der Waals surface area (Å²) in [5.41, 5.74) is 0.730. The molecule has 0 spiro atoms. The molecule has 2 nitrogen and oxygen atoms in total. The molecule has 0 bridgehead atoms. The molecule has 0 aliphatic rings. The fourth-order valence-electron chi connectivity index (χ4n) is 1.08. The van der Waals surface area contributed by atoms with Gasteiger partial charge >= 0.3 is 0 Å². The molecule has 1 rings (SSSR count). The second-order valence-electron chi connectivity index (χ2n) is 3.48. The first-order chi connectivity index (χ1) is 7.00. The quantitative estimate of drug-likeness (QED) is 0.827. The van der Waals surface area contributed by atoms with Crippen LogP contribution in [0.25, 0.3) is 0 Å². The van der Waals surface area contributed by atoms with Crippen LogP contribution in [0.2, 0.25) is 10.0 Å². The molecule has 0 heterocycles. The van der Waals surface area contributed by atoms with Crippen LogP contribution in [0.1, 0.15) is 0 Å². The van der Waals surface area contributed by atoms with E-state index in [9.17, 15) is 4.39 Å². The second kappa shape index (κ2) is 5.54. The van der Waals surface area contributed by atoms with Crippen molar-refractivity contribution in [1.82, 2.24) is 4.90 Å². The molecule has 0 fully saturated rings. The molecule has 1 aromatic carbocycles. The third-order valence-corrected chi connectivity index (χ3v) is 2.42. The molecular weight excluding hydrogens is 238 g/mol. The van der Waals surface area contributed by atoms with E-state index in [-0.39, 0.29) is 10.0 Å². The summed E-state index contributed by atoms with van der Waals surface area (Å²) in [7, 11) is 3.96. The van der Waals surface area contributed by atoms with Crippen LogP contribution in [0.5, 0.6) is 0 Å². The van der Waals surface area contributed by atoms with E-state index >= 15 is 0 Å². The average molecular weight is 251 g/mol. The normalized spacial score (nSPS) is 10.8. The Kier molecular flexibility index (Phi) is 4.64. The third kappa shape index (κ3) is 3.86. The maximum atomic E-state index is 13.1. The van der Waals surface area contributed by atoms with Gasteiger partial charge in [-0.05, 0) is 26.2 Å². The molecule has 5 heteroatoms.